The molecule has 3 heteroatoms. The fourth-order valence-corrected chi connectivity index (χ4v) is 2.78. The summed E-state index contributed by atoms with van der Waals surface area (Å²) in [5.41, 5.74) is 2.31. The van der Waals surface area contributed by atoms with Gasteiger partial charge in [-0.2, -0.15) is 0 Å². The molecule has 2 rings (SSSR count). The van der Waals surface area contributed by atoms with Gasteiger partial charge in [0.05, 0.1) is 20.3 Å². The van der Waals surface area contributed by atoms with Gasteiger partial charge in [-0.05, 0) is 56.2 Å². The highest BCUT2D eigenvalue weighted by Gasteiger charge is 2.24. The molecule has 0 spiro atoms. The van der Waals surface area contributed by atoms with Crippen LogP contribution in [0.1, 0.15) is 42.7 Å². The van der Waals surface area contributed by atoms with Gasteiger partial charge in [0.15, 0.2) is 0 Å². The molecule has 0 heterocycles. The minimum atomic E-state index is -0.125. The summed E-state index contributed by atoms with van der Waals surface area (Å²) >= 11 is 0. The van der Waals surface area contributed by atoms with Crippen LogP contribution in [0.25, 0.3) is 0 Å². The van der Waals surface area contributed by atoms with Gasteiger partial charge < -0.3 is 14.6 Å². The Balaban J connectivity index is 2.30. The predicted octanol–water partition coefficient (Wildman–Crippen LogP) is 3.03. The highest BCUT2D eigenvalue weighted by Crippen LogP contribution is 2.40. The topological polar surface area (TPSA) is 38.7 Å². The summed E-state index contributed by atoms with van der Waals surface area (Å²) in [7, 11) is 3.41. The van der Waals surface area contributed by atoms with Crippen molar-refractivity contribution >= 4 is 0 Å². The van der Waals surface area contributed by atoms with Gasteiger partial charge in [0, 0.05) is 5.56 Å². The number of rotatable bonds is 3. The Morgan fingerprint density at radius 2 is 1.61 bits per heavy atom. The van der Waals surface area contributed by atoms with Crippen LogP contribution in [0.2, 0.25) is 0 Å². The zero-order valence-electron chi connectivity index (χ0n) is 11.4. The molecule has 1 saturated carbocycles. The number of benzene rings is 1. The van der Waals surface area contributed by atoms with Gasteiger partial charge in [-0.25, -0.2) is 0 Å². The van der Waals surface area contributed by atoms with Crippen molar-refractivity contribution in [2.45, 2.75) is 44.6 Å². The second-order valence-corrected chi connectivity index (χ2v) is 5.07. The van der Waals surface area contributed by atoms with Crippen LogP contribution in [0, 0.1) is 6.92 Å². The van der Waals surface area contributed by atoms with Crippen molar-refractivity contribution in [1.82, 2.24) is 0 Å². The van der Waals surface area contributed by atoms with Crippen LogP contribution in [0.4, 0.5) is 0 Å². The second-order valence-electron chi connectivity index (χ2n) is 5.07. The van der Waals surface area contributed by atoms with Crippen molar-refractivity contribution in [3.8, 4) is 11.5 Å². The standard InChI is InChI=1S/C15H22O3/c1-10-8-15(18-3)13(9-14(10)17-2)11-4-6-12(16)7-5-11/h8-9,11-12,16H,4-7H2,1-3H3. The molecule has 0 atom stereocenters. The summed E-state index contributed by atoms with van der Waals surface area (Å²) in [5, 5.41) is 9.59. The molecular formula is C15H22O3. The van der Waals surface area contributed by atoms with E-state index in [-0.39, 0.29) is 6.10 Å². The maximum atomic E-state index is 9.59. The van der Waals surface area contributed by atoms with Crippen molar-refractivity contribution in [2.24, 2.45) is 0 Å². The van der Waals surface area contributed by atoms with Gasteiger partial charge in [0.25, 0.3) is 0 Å². The Hall–Kier alpha value is -1.22. The summed E-state index contributed by atoms with van der Waals surface area (Å²) in [6.07, 6.45) is 3.67. The molecule has 1 N–H and O–H groups in total. The lowest BCUT2D eigenvalue weighted by Gasteiger charge is -2.27. The van der Waals surface area contributed by atoms with E-state index < -0.39 is 0 Å². The van der Waals surface area contributed by atoms with E-state index in [1.807, 2.05) is 13.0 Å². The van der Waals surface area contributed by atoms with E-state index in [0.717, 1.165) is 42.7 Å². The molecule has 1 aromatic rings. The Kier molecular flexibility index (Phi) is 4.12. The number of aliphatic hydroxyl groups is 1. The molecule has 18 heavy (non-hydrogen) atoms. The number of aliphatic hydroxyl groups excluding tert-OH is 1. The van der Waals surface area contributed by atoms with Crippen LogP contribution < -0.4 is 9.47 Å². The molecule has 0 radical (unpaired) electrons. The number of hydrogen-bond acceptors (Lipinski definition) is 3. The molecule has 1 fully saturated rings. The molecule has 3 nitrogen and oxygen atoms in total. The van der Waals surface area contributed by atoms with Gasteiger partial charge in [-0.15, -0.1) is 0 Å². The molecule has 0 saturated heterocycles. The van der Waals surface area contributed by atoms with Crippen LogP contribution in [0.15, 0.2) is 12.1 Å². The third-order valence-electron chi connectivity index (χ3n) is 3.88. The van der Waals surface area contributed by atoms with E-state index in [9.17, 15) is 5.11 Å². The van der Waals surface area contributed by atoms with Crippen molar-refractivity contribution in [3.05, 3.63) is 23.3 Å². The molecule has 1 aliphatic carbocycles. The fourth-order valence-electron chi connectivity index (χ4n) is 2.78. The lowest BCUT2D eigenvalue weighted by molar-refractivity contribution is 0.122. The molecule has 0 aromatic heterocycles. The molecule has 0 amide bonds. The summed E-state index contributed by atoms with van der Waals surface area (Å²) in [6.45, 7) is 2.02. The van der Waals surface area contributed by atoms with Gasteiger partial charge >= 0.3 is 0 Å². The van der Waals surface area contributed by atoms with E-state index in [0.29, 0.717) is 5.92 Å². The van der Waals surface area contributed by atoms with Crippen LogP contribution in [0.5, 0.6) is 11.5 Å². The first-order chi connectivity index (χ1) is 8.65. The predicted molar refractivity (Wildman–Crippen MR) is 71.5 cm³/mol. The molecular weight excluding hydrogens is 228 g/mol. The highest BCUT2D eigenvalue weighted by molar-refractivity contribution is 5.47. The number of hydrogen-bond donors (Lipinski definition) is 1. The first-order valence-electron chi connectivity index (χ1n) is 6.56. The van der Waals surface area contributed by atoms with Crippen molar-refractivity contribution < 1.29 is 14.6 Å². The Morgan fingerprint density at radius 1 is 1.00 bits per heavy atom. The first-order valence-corrected chi connectivity index (χ1v) is 6.56. The minimum Gasteiger partial charge on any atom is -0.496 e. The number of ether oxygens (including phenoxy) is 2. The molecule has 0 unspecified atom stereocenters. The Morgan fingerprint density at radius 3 is 2.17 bits per heavy atom. The van der Waals surface area contributed by atoms with Gasteiger partial charge in [0.1, 0.15) is 11.5 Å². The van der Waals surface area contributed by atoms with Gasteiger partial charge in [-0.1, -0.05) is 0 Å². The quantitative estimate of drug-likeness (QED) is 0.896. The minimum absolute atomic E-state index is 0.125. The highest BCUT2D eigenvalue weighted by atomic mass is 16.5. The monoisotopic (exact) mass is 250 g/mol. The molecule has 0 aliphatic heterocycles. The Bertz CT molecular complexity index is 406. The van der Waals surface area contributed by atoms with Crippen LogP contribution in [0.3, 0.4) is 0 Å². The SMILES string of the molecule is COc1cc(C2CCC(O)CC2)c(OC)cc1C. The average Bonchev–Trinajstić information content (AvgIpc) is 2.39. The Labute approximate surface area is 109 Å². The molecule has 0 bridgehead atoms. The van der Waals surface area contributed by atoms with Crippen LogP contribution in [-0.2, 0) is 0 Å². The number of aryl methyl sites for hydroxylation is 1. The fraction of sp³-hybridized carbons (Fsp3) is 0.600. The second kappa shape index (κ2) is 5.61. The lowest BCUT2D eigenvalue weighted by Crippen LogP contribution is -2.17. The zero-order valence-corrected chi connectivity index (χ0v) is 11.4. The van der Waals surface area contributed by atoms with E-state index in [1.54, 1.807) is 14.2 Å². The molecule has 1 aromatic carbocycles. The van der Waals surface area contributed by atoms with Crippen molar-refractivity contribution in [1.29, 1.82) is 0 Å². The zero-order chi connectivity index (χ0) is 13.1. The molecule has 1 aliphatic rings. The smallest absolute Gasteiger partial charge is 0.122 e. The summed E-state index contributed by atoms with van der Waals surface area (Å²) in [6, 6.07) is 4.13. The largest absolute Gasteiger partial charge is 0.496 e. The lowest BCUT2D eigenvalue weighted by atomic mass is 9.82. The summed E-state index contributed by atoms with van der Waals surface area (Å²) in [5.74, 6) is 2.32. The average molecular weight is 250 g/mol. The maximum Gasteiger partial charge on any atom is 0.122 e. The third-order valence-corrected chi connectivity index (χ3v) is 3.88. The number of methoxy groups -OCH3 is 2. The van der Waals surface area contributed by atoms with E-state index in [1.165, 1.54) is 5.56 Å². The molecule has 100 valence electrons. The summed E-state index contributed by atoms with van der Waals surface area (Å²) in [4.78, 5) is 0. The maximum absolute atomic E-state index is 9.59. The first kappa shape index (κ1) is 13.2. The summed E-state index contributed by atoms with van der Waals surface area (Å²) < 4.78 is 10.9. The van der Waals surface area contributed by atoms with Gasteiger partial charge in [-0.3, -0.25) is 0 Å². The van der Waals surface area contributed by atoms with Gasteiger partial charge in [0.2, 0.25) is 0 Å². The van der Waals surface area contributed by atoms with Crippen molar-refractivity contribution in [3.63, 3.8) is 0 Å². The van der Waals surface area contributed by atoms with E-state index >= 15 is 0 Å². The van der Waals surface area contributed by atoms with E-state index in [2.05, 4.69) is 6.07 Å². The van der Waals surface area contributed by atoms with Crippen molar-refractivity contribution in [2.75, 3.05) is 14.2 Å². The van der Waals surface area contributed by atoms with E-state index in [4.69, 9.17) is 9.47 Å². The third kappa shape index (κ3) is 2.61. The van der Waals surface area contributed by atoms with Crippen LogP contribution in [-0.4, -0.2) is 25.4 Å². The normalized spacial score (nSPS) is 23.8. The van der Waals surface area contributed by atoms with Crippen LogP contribution >= 0.6 is 0 Å².